The van der Waals surface area contributed by atoms with Crippen LogP contribution in [0.15, 0.2) is 24.3 Å². The molecule has 1 aromatic carbocycles. The van der Waals surface area contributed by atoms with Gasteiger partial charge in [0, 0.05) is 0 Å². The lowest BCUT2D eigenvalue weighted by Crippen LogP contribution is -2.33. The summed E-state index contributed by atoms with van der Waals surface area (Å²) >= 11 is 0. The third-order valence-corrected chi connectivity index (χ3v) is 3.21. The Morgan fingerprint density at radius 3 is 2.20 bits per heavy atom. The predicted molar refractivity (Wildman–Crippen MR) is 73.7 cm³/mol. The van der Waals surface area contributed by atoms with Crippen LogP contribution in [0.25, 0.3) is 0 Å². The smallest absolute Gasteiger partial charge is 0.367 e. The zero-order valence-corrected chi connectivity index (χ0v) is 12.1. The van der Waals surface area contributed by atoms with Crippen molar-refractivity contribution in [3.8, 4) is 0 Å². The van der Waals surface area contributed by atoms with Gasteiger partial charge in [0.25, 0.3) is 0 Å². The van der Waals surface area contributed by atoms with E-state index in [9.17, 15) is 13.2 Å². The van der Waals surface area contributed by atoms with Gasteiger partial charge in [-0.3, -0.25) is 0 Å². The first-order chi connectivity index (χ1) is 9.38. The Balaban J connectivity index is 2.68. The van der Waals surface area contributed by atoms with Crippen LogP contribution in [-0.4, -0.2) is 25.4 Å². The molecule has 20 heavy (non-hydrogen) atoms. The topological polar surface area (TPSA) is 21.3 Å². The van der Waals surface area contributed by atoms with Gasteiger partial charge in [0.1, 0.15) is 0 Å². The number of aryl methyl sites for hydroxylation is 1. The fraction of sp³-hybridized carbons (Fsp3) is 0.600. The molecule has 2 unspecified atom stereocenters. The van der Waals surface area contributed by atoms with Crippen molar-refractivity contribution in [1.29, 1.82) is 0 Å². The molecule has 0 amide bonds. The molecule has 0 radical (unpaired) electrons. The van der Waals surface area contributed by atoms with Crippen LogP contribution >= 0.6 is 0 Å². The maximum atomic E-state index is 12.4. The van der Waals surface area contributed by atoms with E-state index in [4.69, 9.17) is 4.74 Å². The van der Waals surface area contributed by atoms with E-state index in [0.717, 1.165) is 18.9 Å². The van der Waals surface area contributed by atoms with Gasteiger partial charge in [0.05, 0.1) is 12.6 Å². The molecule has 0 aliphatic heterocycles. The molecule has 1 aromatic rings. The number of hydrogen-bond acceptors (Lipinski definition) is 2. The molecule has 0 aliphatic carbocycles. The van der Waals surface area contributed by atoms with E-state index in [1.165, 1.54) is 5.56 Å². The number of halogens is 3. The van der Waals surface area contributed by atoms with Crippen LogP contribution in [0.3, 0.4) is 0 Å². The van der Waals surface area contributed by atoms with E-state index in [-0.39, 0.29) is 12.6 Å². The molecule has 0 saturated carbocycles. The van der Waals surface area contributed by atoms with E-state index < -0.39 is 12.3 Å². The van der Waals surface area contributed by atoms with Crippen molar-refractivity contribution in [3.05, 3.63) is 35.4 Å². The summed E-state index contributed by atoms with van der Waals surface area (Å²) in [6, 6.07) is 7.64. The number of ether oxygens (including phenoxy) is 1. The van der Waals surface area contributed by atoms with Crippen molar-refractivity contribution >= 4 is 0 Å². The van der Waals surface area contributed by atoms with E-state index >= 15 is 0 Å². The maximum absolute atomic E-state index is 12.4. The summed E-state index contributed by atoms with van der Waals surface area (Å²) in [6.07, 6.45) is -5.13. The van der Waals surface area contributed by atoms with Gasteiger partial charge < -0.3 is 10.1 Å². The summed E-state index contributed by atoms with van der Waals surface area (Å²) in [5, 5.41) is 3.15. The molecule has 5 heteroatoms. The van der Waals surface area contributed by atoms with Crippen LogP contribution in [-0.2, 0) is 11.2 Å². The largest absolute Gasteiger partial charge is 0.414 e. The van der Waals surface area contributed by atoms with Crippen molar-refractivity contribution in [2.24, 2.45) is 0 Å². The molecule has 1 N–H and O–H groups in total. The second kappa shape index (κ2) is 7.64. The highest BCUT2D eigenvalue weighted by atomic mass is 19.4. The van der Waals surface area contributed by atoms with Crippen molar-refractivity contribution in [2.45, 2.75) is 45.5 Å². The highest BCUT2D eigenvalue weighted by molar-refractivity contribution is 5.25. The Hall–Kier alpha value is -1.07. The Bertz CT molecular complexity index is 389. The SMILES string of the molecule is CCNC(COC(C)C(F)(F)F)c1ccc(CC)cc1. The van der Waals surface area contributed by atoms with E-state index in [1.807, 2.05) is 31.2 Å². The number of likely N-dealkylation sites (N-methyl/N-ethyl adjacent to an activating group) is 1. The quantitative estimate of drug-likeness (QED) is 0.823. The molecule has 0 fully saturated rings. The number of hydrogen-bond donors (Lipinski definition) is 1. The number of alkyl halides is 3. The Morgan fingerprint density at radius 2 is 1.75 bits per heavy atom. The molecular weight excluding hydrogens is 267 g/mol. The van der Waals surface area contributed by atoms with Crippen LogP contribution in [0.4, 0.5) is 13.2 Å². The minimum absolute atomic E-state index is 0.0000116. The third kappa shape index (κ3) is 5.13. The average molecular weight is 289 g/mol. The Kier molecular flexibility index (Phi) is 6.49. The highest BCUT2D eigenvalue weighted by Crippen LogP contribution is 2.24. The zero-order valence-electron chi connectivity index (χ0n) is 12.1. The molecule has 0 spiro atoms. The van der Waals surface area contributed by atoms with Gasteiger partial charge in [-0.05, 0) is 31.0 Å². The molecule has 1 rings (SSSR count). The third-order valence-electron chi connectivity index (χ3n) is 3.21. The first-order valence-corrected chi connectivity index (χ1v) is 6.89. The first kappa shape index (κ1) is 17.0. The highest BCUT2D eigenvalue weighted by Gasteiger charge is 2.37. The van der Waals surface area contributed by atoms with Crippen LogP contribution in [0.1, 0.15) is 37.9 Å². The van der Waals surface area contributed by atoms with E-state index in [0.29, 0.717) is 6.54 Å². The summed E-state index contributed by atoms with van der Waals surface area (Å²) in [5.74, 6) is 0. The van der Waals surface area contributed by atoms with Gasteiger partial charge >= 0.3 is 6.18 Å². The summed E-state index contributed by atoms with van der Waals surface area (Å²) in [7, 11) is 0. The lowest BCUT2D eigenvalue weighted by molar-refractivity contribution is -0.215. The number of benzene rings is 1. The van der Waals surface area contributed by atoms with Crippen molar-refractivity contribution in [1.82, 2.24) is 5.32 Å². The molecule has 114 valence electrons. The fourth-order valence-corrected chi connectivity index (χ4v) is 1.84. The Labute approximate surface area is 118 Å². The second-order valence-corrected chi connectivity index (χ2v) is 4.72. The minimum atomic E-state index is -4.32. The van der Waals surface area contributed by atoms with Gasteiger partial charge in [0.15, 0.2) is 6.10 Å². The van der Waals surface area contributed by atoms with E-state index in [2.05, 4.69) is 12.2 Å². The van der Waals surface area contributed by atoms with Gasteiger partial charge in [-0.15, -0.1) is 0 Å². The summed E-state index contributed by atoms with van der Waals surface area (Å²) in [5.41, 5.74) is 2.15. The van der Waals surface area contributed by atoms with Crippen molar-refractivity contribution in [2.75, 3.05) is 13.2 Å². The molecule has 2 nitrogen and oxygen atoms in total. The lowest BCUT2D eigenvalue weighted by Gasteiger charge is -2.22. The number of rotatable bonds is 7. The molecule has 2 atom stereocenters. The monoisotopic (exact) mass is 289 g/mol. The average Bonchev–Trinajstić information content (AvgIpc) is 2.42. The molecule has 0 aliphatic rings. The fourth-order valence-electron chi connectivity index (χ4n) is 1.84. The van der Waals surface area contributed by atoms with Gasteiger partial charge in [-0.2, -0.15) is 13.2 Å². The molecule has 0 saturated heterocycles. The predicted octanol–water partition coefficient (Wildman–Crippen LogP) is 3.87. The van der Waals surface area contributed by atoms with Crippen molar-refractivity contribution in [3.63, 3.8) is 0 Å². The first-order valence-electron chi connectivity index (χ1n) is 6.89. The molecule has 0 heterocycles. The molecule has 0 bridgehead atoms. The number of nitrogens with one attached hydrogen (secondary N) is 1. The maximum Gasteiger partial charge on any atom is 0.414 e. The molecule has 0 aromatic heterocycles. The second-order valence-electron chi connectivity index (χ2n) is 4.72. The van der Waals surface area contributed by atoms with Crippen molar-refractivity contribution < 1.29 is 17.9 Å². The van der Waals surface area contributed by atoms with Crippen LogP contribution in [0.5, 0.6) is 0 Å². The van der Waals surface area contributed by atoms with Crippen LogP contribution in [0, 0.1) is 0 Å². The molecular formula is C15H22F3NO. The van der Waals surface area contributed by atoms with Gasteiger partial charge in [0.2, 0.25) is 0 Å². The minimum Gasteiger partial charge on any atom is -0.367 e. The summed E-state index contributed by atoms with van der Waals surface area (Å²) in [6.45, 7) is 5.68. The van der Waals surface area contributed by atoms with E-state index in [1.54, 1.807) is 0 Å². The summed E-state index contributed by atoms with van der Waals surface area (Å²) in [4.78, 5) is 0. The zero-order chi connectivity index (χ0) is 15.2. The Morgan fingerprint density at radius 1 is 1.15 bits per heavy atom. The van der Waals surface area contributed by atoms with Crippen LogP contribution < -0.4 is 5.32 Å². The van der Waals surface area contributed by atoms with Crippen LogP contribution in [0.2, 0.25) is 0 Å². The lowest BCUT2D eigenvalue weighted by atomic mass is 10.0. The normalized spacial score (nSPS) is 15.1. The standard InChI is InChI=1S/C15H22F3NO/c1-4-12-6-8-13(9-7-12)14(19-5-2)10-20-11(3)15(16,17)18/h6-9,11,14,19H,4-5,10H2,1-3H3. The summed E-state index contributed by atoms with van der Waals surface area (Å²) < 4.78 is 42.3. The van der Waals surface area contributed by atoms with Gasteiger partial charge in [-0.25, -0.2) is 0 Å². The van der Waals surface area contributed by atoms with Gasteiger partial charge in [-0.1, -0.05) is 38.1 Å².